The molecule has 2 aromatic rings. The number of piperidine rings is 1. The van der Waals surface area contributed by atoms with E-state index in [4.69, 9.17) is 4.98 Å². The van der Waals surface area contributed by atoms with Crippen molar-refractivity contribution in [1.29, 1.82) is 0 Å². The van der Waals surface area contributed by atoms with Crippen LogP contribution < -0.4 is 5.56 Å². The second-order valence-electron chi connectivity index (χ2n) is 8.13. The molecule has 0 radical (unpaired) electrons. The first-order valence-electron chi connectivity index (χ1n) is 10.6. The molecular weight excluding hydrogens is 366 g/mol. The van der Waals surface area contributed by atoms with Crippen LogP contribution in [-0.2, 0) is 24.3 Å². The van der Waals surface area contributed by atoms with Crippen molar-refractivity contribution in [2.45, 2.75) is 58.0 Å². The fourth-order valence-corrected chi connectivity index (χ4v) is 4.39. The summed E-state index contributed by atoms with van der Waals surface area (Å²) in [4.78, 5) is 41.3. The average Bonchev–Trinajstić information content (AvgIpc) is 2.74. The fourth-order valence-electron chi connectivity index (χ4n) is 4.39. The van der Waals surface area contributed by atoms with E-state index in [9.17, 15) is 9.59 Å². The van der Waals surface area contributed by atoms with E-state index in [0.717, 1.165) is 50.4 Å². The standard InChI is InChI=1S/C22H29N5O2/c1-2-5-20(28)27-11-8-19-18(15-27)22(29)25-21(24-19)17-7-4-10-26(14-17)13-16-6-3-9-23-12-16/h3,6,9,12,17H,2,4-5,7-8,10-11,13-15H2,1H3,(H,24,25,29)/t17-/m1/s1. The van der Waals surface area contributed by atoms with Crippen LogP contribution in [-0.4, -0.2) is 50.3 Å². The molecule has 0 aromatic carbocycles. The van der Waals surface area contributed by atoms with Gasteiger partial charge >= 0.3 is 0 Å². The average molecular weight is 396 g/mol. The highest BCUT2D eigenvalue weighted by Crippen LogP contribution is 2.26. The smallest absolute Gasteiger partial charge is 0.256 e. The lowest BCUT2D eigenvalue weighted by molar-refractivity contribution is -0.132. The number of carbonyl (C=O) groups is 1. The second kappa shape index (κ2) is 8.86. The molecule has 0 unspecified atom stereocenters. The fraction of sp³-hybridized carbons (Fsp3) is 0.545. The quantitative estimate of drug-likeness (QED) is 0.840. The van der Waals surface area contributed by atoms with Crippen molar-refractivity contribution in [2.75, 3.05) is 19.6 Å². The van der Waals surface area contributed by atoms with Gasteiger partial charge in [-0.15, -0.1) is 0 Å². The summed E-state index contributed by atoms with van der Waals surface area (Å²) in [6.07, 6.45) is 7.85. The molecule has 1 N–H and O–H groups in total. The Hall–Kier alpha value is -2.54. The van der Waals surface area contributed by atoms with E-state index in [1.165, 1.54) is 5.56 Å². The molecule has 0 spiro atoms. The summed E-state index contributed by atoms with van der Waals surface area (Å²) in [5.41, 5.74) is 2.65. The Morgan fingerprint density at radius 1 is 1.34 bits per heavy atom. The number of fused-ring (bicyclic) bond motifs is 1. The maximum Gasteiger partial charge on any atom is 0.256 e. The van der Waals surface area contributed by atoms with E-state index in [2.05, 4.69) is 20.9 Å². The first-order valence-corrected chi connectivity index (χ1v) is 10.6. The van der Waals surface area contributed by atoms with Crippen LogP contribution in [0.3, 0.4) is 0 Å². The minimum atomic E-state index is -0.0802. The van der Waals surface area contributed by atoms with E-state index in [1.54, 1.807) is 11.1 Å². The highest BCUT2D eigenvalue weighted by atomic mass is 16.2. The summed E-state index contributed by atoms with van der Waals surface area (Å²) >= 11 is 0. The Bertz CT molecular complexity index is 911. The number of hydrogen-bond acceptors (Lipinski definition) is 5. The summed E-state index contributed by atoms with van der Waals surface area (Å²) in [5.74, 6) is 1.16. The first-order chi connectivity index (χ1) is 14.1. The molecule has 0 saturated carbocycles. The highest BCUT2D eigenvalue weighted by Gasteiger charge is 2.28. The van der Waals surface area contributed by atoms with E-state index in [-0.39, 0.29) is 17.4 Å². The van der Waals surface area contributed by atoms with Gasteiger partial charge in [-0.25, -0.2) is 4.98 Å². The van der Waals surface area contributed by atoms with Crippen molar-refractivity contribution in [1.82, 2.24) is 24.8 Å². The predicted octanol–water partition coefficient (Wildman–Crippen LogP) is 2.23. The number of pyridine rings is 1. The summed E-state index contributed by atoms with van der Waals surface area (Å²) in [6, 6.07) is 4.06. The second-order valence-corrected chi connectivity index (χ2v) is 8.13. The van der Waals surface area contributed by atoms with Crippen LogP contribution in [0.15, 0.2) is 29.3 Å². The third-order valence-electron chi connectivity index (χ3n) is 5.92. The summed E-state index contributed by atoms with van der Waals surface area (Å²) in [7, 11) is 0. The predicted molar refractivity (Wildman–Crippen MR) is 110 cm³/mol. The number of amides is 1. The molecule has 0 bridgehead atoms. The molecule has 2 aliphatic heterocycles. The summed E-state index contributed by atoms with van der Waals surface area (Å²) in [5, 5.41) is 0. The van der Waals surface area contributed by atoms with Crippen LogP contribution in [0.25, 0.3) is 0 Å². The van der Waals surface area contributed by atoms with Gasteiger partial charge in [0.05, 0.1) is 17.8 Å². The molecular formula is C22H29N5O2. The number of aromatic nitrogens is 3. The van der Waals surface area contributed by atoms with Crippen LogP contribution in [0.1, 0.15) is 61.2 Å². The van der Waals surface area contributed by atoms with Crippen molar-refractivity contribution >= 4 is 5.91 Å². The zero-order chi connectivity index (χ0) is 20.2. The van der Waals surface area contributed by atoms with E-state index in [0.29, 0.717) is 31.5 Å². The van der Waals surface area contributed by atoms with Gasteiger partial charge in [0.15, 0.2) is 0 Å². The SMILES string of the molecule is CCCC(=O)N1CCc2nc([C@@H]3CCCN(Cc4cccnc4)C3)[nH]c(=O)c2C1. The number of likely N-dealkylation sites (tertiary alicyclic amines) is 1. The Labute approximate surface area is 171 Å². The van der Waals surface area contributed by atoms with Gasteiger partial charge in [0, 0.05) is 50.8 Å². The number of nitrogens with zero attached hydrogens (tertiary/aromatic N) is 4. The van der Waals surface area contributed by atoms with Crippen LogP contribution in [0, 0.1) is 0 Å². The lowest BCUT2D eigenvalue weighted by atomic mass is 9.96. The van der Waals surface area contributed by atoms with E-state index < -0.39 is 0 Å². The van der Waals surface area contributed by atoms with Gasteiger partial charge in [-0.3, -0.25) is 19.5 Å². The van der Waals surface area contributed by atoms with Crippen molar-refractivity contribution < 1.29 is 4.79 Å². The Morgan fingerprint density at radius 3 is 3.03 bits per heavy atom. The van der Waals surface area contributed by atoms with Gasteiger partial charge in [0.25, 0.3) is 5.56 Å². The van der Waals surface area contributed by atoms with Crippen molar-refractivity contribution in [3.8, 4) is 0 Å². The zero-order valence-corrected chi connectivity index (χ0v) is 17.1. The Balaban J connectivity index is 1.48. The minimum Gasteiger partial charge on any atom is -0.338 e. The Kier molecular flexibility index (Phi) is 6.04. The monoisotopic (exact) mass is 395 g/mol. The maximum absolute atomic E-state index is 12.8. The van der Waals surface area contributed by atoms with Crippen LogP contribution in [0.4, 0.5) is 0 Å². The Morgan fingerprint density at radius 2 is 2.24 bits per heavy atom. The van der Waals surface area contributed by atoms with Crippen LogP contribution in [0.2, 0.25) is 0 Å². The van der Waals surface area contributed by atoms with Crippen molar-refractivity contribution in [2.24, 2.45) is 0 Å². The number of rotatable bonds is 5. The molecule has 7 heteroatoms. The highest BCUT2D eigenvalue weighted by molar-refractivity contribution is 5.76. The van der Waals surface area contributed by atoms with E-state index in [1.807, 2.05) is 19.2 Å². The van der Waals surface area contributed by atoms with Crippen LogP contribution >= 0.6 is 0 Å². The third-order valence-corrected chi connectivity index (χ3v) is 5.92. The molecule has 154 valence electrons. The largest absolute Gasteiger partial charge is 0.338 e. The molecule has 7 nitrogen and oxygen atoms in total. The topological polar surface area (TPSA) is 82.2 Å². The molecule has 4 heterocycles. The number of nitrogens with one attached hydrogen (secondary N) is 1. The molecule has 1 fully saturated rings. The number of H-pyrrole nitrogens is 1. The molecule has 29 heavy (non-hydrogen) atoms. The van der Waals surface area contributed by atoms with Crippen LogP contribution in [0.5, 0.6) is 0 Å². The number of aromatic amines is 1. The summed E-state index contributed by atoms with van der Waals surface area (Å²) in [6.45, 7) is 5.84. The molecule has 1 saturated heterocycles. The van der Waals surface area contributed by atoms with E-state index >= 15 is 0 Å². The van der Waals surface area contributed by atoms with Crippen molar-refractivity contribution in [3.05, 3.63) is 57.5 Å². The molecule has 2 aromatic heterocycles. The van der Waals surface area contributed by atoms with Gasteiger partial charge in [0.1, 0.15) is 5.82 Å². The maximum atomic E-state index is 12.8. The first kappa shape index (κ1) is 19.8. The zero-order valence-electron chi connectivity index (χ0n) is 17.1. The third kappa shape index (κ3) is 4.56. The molecule has 4 rings (SSSR count). The molecule has 1 amide bonds. The normalized spacial score (nSPS) is 19.8. The molecule has 1 atom stereocenters. The van der Waals surface area contributed by atoms with Gasteiger partial charge in [0.2, 0.25) is 5.91 Å². The lowest BCUT2D eigenvalue weighted by Crippen LogP contribution is -2.40. The van der Waals surface area contributed by atoms with Gasteiger partial charge in [-0.1, -0.05) is 13.0 Å². The van der Waals surface area contributed by atoms with Gasteiger partial charge in [-0.2, -0.15) is 0 Å². The van der Waals surface area contributed by atoms with Crippen molar-refractivity contribution in [3.63, 3.8) is 0 Å². The number of hydrogen-bond donors (Lipinski definition) is 1. The molecule has 0 aliphatic carbocycles. The molecule has 2 aliphatic rings. The van der Waals surface area contributed by atoms with Gasteiger partial charge in [-0.05, 0) is 37.4 Å². The van der Waals surface area contributed by atoms with Gasteiger partial charge < -0.3 is 9.88 Å². The summed E-state index contributed by atoms with van der Waals surface area (Å²) < 4.78 is 0. The lowest BCUT2D eigenvalue weighted by Gasteiger charge is -2.33. The number of carbonyl (C=O) groups excluding carboxylic acids is 1. The minimum absolute atomic E-state index is 0.0802.